The maximum atomic E-state index is 5.46. The summed E-state index contributed by atoms with van der Waals surface area (Å²) in [5, 5.41) is 15.9. The lowest BCUT2D eigenvalue weighted by Crippen LogP contribution is -2.21. The molecular formula is C20H21N7O. The largest absolute Gasteiger partial charge is 0.381 e. The van der Waals surface area contributed by atoms with Gasteiger partial charge in [0.15, 0.2) is 0 Å². The Morgan fingerprint density at radius 2 is 2.07 bits per heavy atom. The zero-order valence-electron chi connectivity index (χ0n) is 15.6. The van der Waals surface area contributed by atoms with Gasteiger partial charge in [0.1, 0.15) is 0 Å². The molecule has 142 valence electrons. The number of nitrogens with one attached hydrogen (secondary N) is 2. The van der Waals surface area contributed by atoms with Gasteiger partial charge in [-0.3, -0.25) is 9.78 Å². The van der Waals surface area contributed by atoms with Crippen molar-refractivity contribution in [3.05, 3.63) is 48.5 Å². The Bertz CT molecular complexity index is 1100. The maximum absolute atomic E-state index is 5.46. The fourth-order valence-corrected chi connectivity index (χ4v) is 3.63. The molecule has 0 radical (unpaired) electrons. The number of hydrogen-bond acceptors (Lipinski definition) is 6. The molecule has 28 heavy (non-hydrogen) atoms. The quantitative estimate of drug-likeness (QED) is 0.566. The van der Waals surface area contributed by atoms with Crippen molar-refractivity contribution < 1.29 is 4.74 Å². The summed E-state index contributed by atoms with van der Waals surface area (Å²) >= 11 is 0. The maximum Gasteiger partial charge on any atom is 0.227 e. The van der Waals surface area contributed by atoms with Gasteiger partial charge in [-0.2, -0.15) is 10.2 Å². The van der Waals surface area contributed by atoms with Crippen LogP contribution in [0.1, 0.15) is 24.6 Å². The standard InChI is InChI=1S/C20H21N7O/c1-13-19(12-23-27(13)16-5-8-28-9-6-16)25-20-21-11-15-3-2-14(10-18(15)24-20)17-4-7-22-26-17/h2-4,7,10-12,16H,5-6,8-9H2,1H3,(H,22,26)(H,21,24,25). The number of aromatic amines is 1. The highest BCUT2D eigenvalue weighted by molar-refractivity contribution is 5.84. The average molecular weight is 375 g/mol. The highest BCUT2D eigenvalue weighted by atomic mass is 16.5. The summed E-state index contributed by atoms with van der Waals surface area (Å²) in [4.78, 5) is 9.15. The van der Waals surface area contributed by atoms with Gasteiger partial charge in [0, 0.05) is 36.6 Å². The first kappa shape index (κ1) is 16.9. The molecular weight excluding hydrogens is 354 g/mol. The number of H-pyrrole nitrogens is 1. The number of benzene rings is 1. The van der Waals surface area contributed by atoms with Crippen LogP contribution in [0.3, 0.4) is 0 Å². The topological polar surface area (TPSA) is 93.5 Å². The highest BCUT2D eigenvalue weighted by Gasteiger charge is 2.19. The summed E-state index contributed by atoms with van der Waals surface area (Å²) in [6, 6.07) is 8.42. The molecule has 1 fully saturated rings. The summed E-state index contributed by atoms with van der Waals surface area (Å²) in [6.07, 6.45) is 7.40. The number of nitrogens with zero attached hydrogens (tertiary/aromatic N) is 5. The summed E-state index contributed by atoms with van der Waals surface area (Å²) in [5.74, 6) is 0.559. The first-order valence-corrected chi connectivity index (χ1v) is 9.43. The first-order valence-electron chi connectivity index (χ1n) is 9.43. The molecule has 8 heteroatoms. The van der Waals surface area contributed by atoms with Crippen LogP contribution in [0.15, 0.2) is 42.9 Å². The van der Waals surface area contributed by atoms with E-state index in [4.69, 9.17) is 9.72 Å². The van der Waals surface area contributed by atoms with E-state index in [2.05, 4.69) is 37.2 Å². The second-order valence-corrected chi connectivity index (χ2v) is 6.99. The molecule has 1 aliphatic rings. The molecule has 5 rings (SSSR count). The molecule has 4 heterocycles. The van der Waals surface area contributed by atoms with Gasteiger partial charge < -0.3 is 10.1 Å². The van der Waals surface area contributed by atoms with E-state index in [-0.39, 0.29) is 0 Å². The molecule has 0 aliphatic carbocycles. The van der Waals surface area contributed by atoms with Crippen molar-refractivity contribution >= 4 is 22.5 Å². The molecule has 3 aromatic heterocycles. The first-order chi connectivity index (χ1) is 13.8. The number of aromatic nitrogens is 6. The van der Waals surface area contributed by atoms with Crippen molar-refractivity contribution in [2.24, 2.45) is 0 Å². The average Bonchev–Trinajstić information content (AvgIpc) is 3.39. The lowest BCUT2D eigenvalue weighted by molar-refractivity contribution is 0.0657. The Morgan fingerprint density at radius 1 is 1.18 bits per heavy atom. The molecule has 2 N–H and O–H groups in total. The Morgan fingerprint density at radius 3 is 2.89 bits per heavy atom. The number of anilines is 2. The predicted molar refractivity (Wildman–Crippen MR) is 106 cm³/mol. The number of hydrogen-bond donors (Lipinski definition) is 2. The van der Waals surface area contributed by atoms with Gasteiger partial charge in [-0.1, -0.05) is 12.1 Å². The van der Waals surface area contributed by atoms with Gasteiger partial charge >= 0.3 is 0 Å². The Labute approximate surface area is 162 Å². The predicted octanol–water partition coefficient (Wildman–Crippen LogP) is 3.62. The number of ether oxygens (including phenoxy) is 1. The molecule has 1 aliphatic heterocycles. The third-order valence-electron chi connectivity index (χ3n) is 5.22. The zero-order valence-corrected chi connectivity index (χ0v) is 15.6. The number of fused-ring (bicyclic) bond motifs is 1. The Hall–Kier alpha value is -3.26. The van der Waals surface area contributed by atoms with E-state index in [1.807, 2.05) is 36.7 Å². The minimum Gasteiger partial charge on any atom is -0.381 e. The third-order valence-corrected chi connectivity index (χ3v) is 5.22. The molecule has 0 saturated carbocycles. The van der Waals surface area contributed by atoms with Crippen LogP contribution in [-0.4, -0.2) is 43.2 Å². The molecule has 4 aromatic rings. The van der Waals surface area contributed by atoms with Gasteiger partial charge in [-0.15, -0.1) is 0 Å². The normalized spacial score (nSPS) is 15.2. The smallest absolute Gasteiger partial charge is 0.227 e. The van der Waals surface area contributed by atoms with Gasteiger partial charge in [0.2, 0.25) is 5.95 Å². The number of rotatable bonds is 4. The van der Waals surface area contributed by atoms with Gasteiger partial charge in [0.05, 0.1) is 34.8 Å². The fraction of sp³-hybridized carbons (Fsp3) is 0.300. The van der Waals surface area contributed by atoms with E-state index in [0.717, 1.165) is 59.6 Å². The Balaban J connectivity index is 1.43. The lowest BCUT2D eigenvalue weighted by atomic mass is 10.1. The van der Waals surface area contributed by atoms with Crippen molar-refractivity contribution in [1.82, 2.24) is 29.9 Å². The highest BCUT2D eigenvalue weighted by Crippen LogP contribution is 2.27. The van der Waals surface area contributed by atoms with Crippen LogP contribution in [0.4, 0.5) is 11.6 Å². The molecule has 0 amide bonds. The van der Waals surface area contributed by atoms with Crippen molar-refractivity contribution in [2.45, 2.75) is 25.8 Å². The SMILES string of the molecule is Cc1c(Nc2ncc3ccc(-c4ccn[nH]4)cc3n2)cnn1C1CCOCC1. The molecule has 0 bridgehead atoms. The summed E-state index contributed by atoms with van der Waals surface area (Å²) < 4.78 is 7.54. The van der Waals surface area contributed by atoms with Gasteiger partial charge in [0.25, 0.3) is 0 Å². The molecule has 1 aromatic carbocycles. The van der Waals surface area contributed by atoms with Crippen LogP contribution in [0.25, 0.3) is 22.2 Å². The Kier molecular flexibility index (Phi) is 4.25. The summed E-state index contributed by atoms with van der Waals surface area (Å²) in [7, 11) is 0. The van der Waals surface area contributed by atoms with Gasteiger partial charge in [-0.05, 0) is 31.9 Å². The zero-order chi connectivity index (χ0) is 18.9. The van der Waals surface area contributed by atoms with Crippen molar-refractivity contribution in [3.8, 4) is 11.3 Å². The monoisotopic (exact) mass is 375 g/mol. The van der Waals surface area contributed by atoms with E-state index < -0.39 is 0 Å². The second kappa shape index (κ2) is 7.05. The van der Waals surface area contributed by atoms with Crippen LogP contribution >= 0.6 is 0 Å². The van der Waals surface area contributed by atoms with Crippen molar-refractivity contribution in [1.29, 1.82) is 0 Å². The third kappa shape index (κ3) is 3.11. The second-order valence-electron chi connectivity index (χ2n) is 6.99. The van der Waals surface area contributed by atoms with Crippen LogP contribution < -0.4 is 5.32 Å². The van der Waals surface area contributed by atoms with Crippen molar-refractivity contribution in [2.75, 3.05) is 18.5 Å². The molecule has 8 nitrogen and oxygen atoms in total. The van der Waals surface area contributed by atoms with E-state index in [9.17, 15) is 0 Å². The lowest BCUT2D eigenvalue weighted by Gasteiger charge is -2.23. The van der Waals surface area contributed by atoms with Crippen LogP contribution in [0.5, 0.6) is 0 Å². The van der Waals surface area contributed by atoms with E-state index >= 15 is 0 Å². The van der Waals surface area contributed by atoms with Crippen LogP contribution in [0, 0.1) is 6.92 Å². The molecule has 0 spiro atoms. The summed E-state index contributed by atoms with van der Waals surface area (Å²) in [5.41, 5.74) is 4.89. The van der Waals surface area contributed by atoms with E-state index in [0.29, 0.717) is 12.0 Å². The molecule has 0 atom stereocenters. The summed E-state index contributed by atoms with van der Waals surface area (Å²) in [6.45, 7) is 3.65. The van der Waals surface area contributed by atoms with Crippen LogP contribution in [-0.2, 0) is 4.74 Å². The van der Waals surface area contributed by atoms with Crippen molar-refractivity contribution in [3.63, 3.8) is 0 Å². The minimum atomic E-state index is 0.388. The van der Waals surface area contributed by atoms with Crippen LogP contribution in [0.2, 0.25) is 0 Å². The van der Waals surface area contributed by atoms with E-state index in [1.165, 1.54) is 0 Å². The minimum absolute atomic E-state index is 0.388. The van der Waals surface area contributed by atoms with E-state index in [1.54, 1.807) is 6.20 Å². The molecule has 0 unspecified atom stereocenters. The van der Waals surface area contributed by atoms with Gasteiger partial charge in [-0.25, -0.2) is 9.97 Å². The molecule has 1 saturated heterocycles. The fourth-order valence-electron chi connectivity index (χ4n) is 3.63.